The molecule has 0 spiro atoms. The molecule has 1 aliphatic heterocycles. The van der Waals surface area contributed by atoms with Gasteiger partial charge in [-0.2, -0.15) is 0 Å². The number of nitrogens with zero attached hydrogens (tertiary/aromatic N) is 1. The van der Waals surface area contributed by atoms with Gasteiger partial charge in [-0.15, -0.1) is 0 Å². The van der Waals surface area contributed by atoms with E-state index in [0.29, 0.717) is 17.0 Å². The SMILES string of the molecule is COc1ccccc1/C=C1\C(=O)NC(=O)N(c2ccc(C)c(C)c2)C1=O. The summed E-state index contributed by atoms with van der Waals surface area (Å²) in [6.07, 6.45) is 1.43. The molecule has 1 N–H and O–H groups in total. The first kappa shape index (κ1) is 17.4. The molecule has 1 heterocycles. The van der Waals surface area contributed by atoms with Crippen LogP contribution in [0.1, 0.15) is 16.7 Å². The van der Waals surface area contributed by atoms with Gasteiger partial charge in [0.1, 0.15) is 11.3 Å². The number of aryl methyl sites for hydroxylation is 2. The van der Waals surface area contributed by atoms with Gasteiger partial charge < -0.3 is 4.74 Å². The lowest BCUT2D eigenvalue weighted by atomic mass is 10.0. The molecule has 0 radical (unpaired) electrons. The molecule has 1 aliphatic rings. The Labute approximate surface area is 151 Å². The fourth-order valence-corrected chi connectivity index (χ4v) is 2.70. The summed E-state index contributed by atoms with van der Waals surface area (Å²) in [6, 6.07) is 11.5. The number of carbonyl (C=O) groups excluding carboxylic acids is 3. The summed E-state index contributed by atoms with van der Waals surface area (Å²) in [5.41, 5.74) is 2.83. The maximum atomic E-state index is 12.9. The maximum absolute atomic E-state index is 12.9. The molecule has 0 unspecified atom stereocenters. The van der Waals surface area contributed by atoms with Crippen LogP contribution in [0, 0.1) is 13.8 Å². The van der Waals surface area contributed by atoms with Crippen LogP contribution >= 0.6 is 0 Å². The van der Waals surface area contributed by atoms with E-state index in [0.717, 1.165) is 16.0 Å². The van der Waals surface area contributed by atoms with Crippen molar-refractivity contribution in [3.8, 4) is 5.75 Å². The molecule has 26 heavy (non-hydrogen) atoms. The molecule has 6 heteroatoms. The van der Waals surface area contributed by atoms with E-state index in [1.165, 1.54) is 13.2 Å². The lowest BCUT2D eigenvalue weighted by Crippen LogP contribution is -2.54. The van der Waals surface area contributed by atoms with Crippen molar-refractivity contribution >= 4 is 29.6 Å². The van der Waals surface area contributed by atoms with Crippen LogP contribution in [-0.2, 0) is 9.59 Å². The van der Waals surface area contributed by atoms with Crippen molar-refractivity contribution in [1.82, 2.24) is 5.32 Å². The molecule has 0 saturated carbocycles. The number of benzene rings is 2. The fraction of sp³-hybridized carbons (Fsp3) is 0.150. The Balaban J connectivity index is 2.05. The van der Waals surface area contributed by atoms with Crippen molar-refractivity contribution in [2.45, 2.75) is 13.8 Å². The number of ether oxygens (including phenoxy) is 1. The maximum Gasteiger partial charge on any atom is 0.335 e. The molecule has 2 aromatic carbocycles. The average molecular weight is 350 g/mol. The van der Waals surface area contributed by atoms with Crippen LogP contribution in [0.2, 0.25) is 0 Å². The fourth-order valence-electron chi connectivity index (χ4n) is 2.70. The zero-order valence-corrected chi connectivity index (χ0v) is 14.7. The highest BCUT2D eigenvalue weighted by atomic mass is 16.5. The van der Waals surface area contributed by atoms with E-state index in [2.05, 4.69) is 5.32 Å². The second-order valence-electron chi connectivity index (χ2n) is 5.97. The van der Waals surface area contributed by atoms with E-state index in [4.69, 9.17) is 4.74 Å². The normalized spacial score (nSPS) is 16.0. The highest BCUT2D eigenvalue weighted by molar-refractivity contribution is 6.39. The molecular weight excluding hydrogens is 332 g/mol. The smallest absolute Gasteiger partial charge is 0.335 e. The van der Waals surface area contributed by atoms with E-state index in [1.807, 2.05) is 19.9 Å². The number of imide groups is 2. The van der Waals surface area contributed by atoms with E-state index in [9.17, 15) is 14.4 Å². The predicted octanol–water partition coefficient (Wildman–Crippen LogP) is 2.98. The molecular formula is C20H18N2O4. The second-order valence-corrected chi connectivity index (χ2v) is 5.97. The van der Waals surface area contributed by atoms with Crippen LogP contribution in [-0.4, -0.2) is 25.0 Å². The number of rotatable bonds is 3. The summed E-state index contributed by atoms with van der Waals surface area (Å²) in [5, 5.41) is 2.22. The Morgan fingerprint density at radius 1 is 1.00 bits per heavy atom. The summed E-state index contributed by atoms with van der Waals surface area (Å²) in [4.78, 5) is 38.3. The van der Waals surface area contributed by atoms with Crippen LogP contribution in [0.15, 0.2) is 48.0 Å². The molecule has 0 bridgehead atoms. The van der Waals surface area contributed by atoms with E-state index < -0.39 is 17.8 Å². The average Bonchev–Trinajstić information content (AvgIpc) is 2.61. The summed E-state index contributed by atoms with van der Waals surface area (Å²) in [6.45, 7) is 3.83. The third kappa shape index (κ3) is 3.09. The number of barbiturate groups is 1. The summed E-state index contributed by atoms with van der Waals surface area (Å²) in [5.74, 6) is -0.880. The quantitative estimate of drug-likeness (QED) is 0.682. The standard InChI is InChI=1S/C20H18N2O4/c1-12-8-9-15(10-13(12)2)22-19(24)16(18(23)21-20(22)25)11-14-6-4-5-7-17(14)26-3/h4-11H,1-3H3,(H,21,23,25)/b16-11+. The number of urea groups is 1. The monoisotopic (exact) mass is 350 g/mol. The largest absolute Gasteiger partial charge is 0.496 e. The van der Waals surface area contributed by atoms with Gasteiger partial charge in [-0.25, -0.2) is 9.69 Å². The molecule has 132 valence electrons. The predicted molar refractivity (Wildman–Crippen MR) is 97.9 cm³/mol. The van der Waals surface area contributed by atoms with Gasteiger partial charge in [-0.3, -0.25) is 14.9 Å². The van der Waals surface area contributed by atoms with E-state index in [1.54, 1.807) is 36.4 Å². The minimum Gasteiger partial charge on any atom is -0.496 e. The number of para-hydroxylation sites is 1. The minimum atomic E-state index is -0.763. The molecule has 4 amide bonds. The van der Waals surface area contributed by atoms with Crippen molar-refractivity contribution in [1.29, 1.82) is 0 Å². The number of anilines is 1. The first-order valence-corrected chi connectivity index (χ1v) is 8.04. The van der Waals surface area contributed by atoms with Gasteiger partial charge in [0, 0.05) is 5.56 Å². The minimum absolute atomic E-state index is 0.132. The highest BCUT2D eigenvalue weighted by Gasteiger charge is 2.37. The highest BCUT2D eigenvalue weighted by Crippen LogP contribution is 2.26. The number of hydrogen-bond acceptors (Lipinski definition) is 4. The first-order valence-electron chi connectivity index (χ1n) is 8.04. The van der Waals surface area contributed by atoms with Crippen LogP contribution in [0.3, 0.4) is 0 Å². The Kier molecular flexibility index (Phi) is 4.58. The van der Waals surface area contributed by atoms with Gasteiger partial charge in [0.15, 0.2) is 0 Å². The van der Waals surface area contributed by atoms with Gasteiger partial charge >= 0.3 is 6.03 Å². The number of carbonyl (C=O) groups is 3. The number of amides is 4. The van der Waals surface area contributed by atoms with Crippen LogP contribution in [0.25, 0.3) is 6.08 Å². The molecule has 0 aliphatic carbocycles. The molecule has 3 rings (SSSR count). The second kappa shape index (κ2) is 6.84. The number of methoxy groups -OCH3 is 1. The van der Waals surface area contributed by atoms with Crippen molar-refractivity contribution in [3.63, 3.8) is 0 Å². The topological polar surface area (TPSA) is 75.7 Å². The molecule has 1 fully saturated rings. The Bertz CT molecular complexity index is 947. The van der Waals surface area contributed by atoms with Crippen molar-refractivity contribution in [2.24, 2.45) is 0 Å². The van der Waals surface area contributed by atoms with Gasteiger partial charge in [-0.05, 0) is 49.2 Å². The Morgan fingerprint density at radius 2 is 1.73 bits per heavy atom. The zero-order valence-electron chi connectivity index (χ0n) is 14.7. The van der Waals surface area contributed by atoms with Gasteiger partial charge in [-0.1, -0.05) is 24.3 Å². The van der Waals surface area contributed by atoms with E-state index in [-0.39, 0.29) is 5.57 Å². The van der Waals surface area contributed by atoms with Gasteiger partial charge in [0.25, 0.3) is 11.8 Å². The van der Waals surface area contributed by atoms with Gasteiger partial charge in [0.2, 0.25) is 0 Å². The molecule has 0 atom stereocenters. The summed E-state index contributed by atoms with van der Waals surface area (Å²) >= 11 is 0. The van der Waals surface area contributed by atoms with E-state index >= 15 is 0 Å². The Hall–Kier alpha value is -3.41. The molecule has 2 aromatic rings. The zero-order chi connectivity index (χ0) is 18.8. The third-order valence-electron chi connectivity index (χ3n) is 4.29. The van der Waals surface area contributed by atoms with Crippen LogP contribution < -0.4 is 15.0 Å². The molecule has 6 nitrogen and oxygen atoms in total. The molecule has 1 saturated heterocycles. The molecule has 0 aromatic heterocycles. The van der Waals surface area contributed by atoms with Crippen LogP contribution in [0.5, 0.6) is 5.75 Å². The summed E-state index contributed by atoms with van der Waals surface area (Å²) < 4.78 is 5.25. The van der Waals surface area contributed by atoms with Gasteiger partial charge in [0.05, 0.1) is 12.8 Å². The number of nitrogens with one attached hydrogen (secondary N) is 1. The first-order chi connectivity index (χ1) is 12.4. The van der Waals surface area contributed by atoms with Crippen LogP contribution in [0.4, 0.5) is 10.5 Å². The lowest BCUT2D eigenvalue weighted by Gasteiger charge is -2.27. The lowest BCUT2D eigenvalue weighted by molar-refractivity contribution is -0.122. The van der Waals surface area contributed by atoms with Crippen molar-refractivity contribution < 1.29 is 19.1 Å². The third-order valence-corrected chi connectivity index (χ3v) is 4.29. The number of hydrogen-bond donors (Lipinski definition) is 1. The summed E-state index contributed by atoms with van der Waals surface area (Å²) in [7, 11) is 1.50. The van der Waals surface area contributed by atoms with Crippen molar-refractivity contribution in [3.05, 3.63) is 64.7 Å². The van der Waals surface area contributed by atoms with Crippen molar-refractivity contribution in [2.75, 3.05) is 12.0 Å². The Morgan fingerprint density at radius 3 is 2.42 bits per heavy atom.